The summed E-state index contributed by atoms with van der Waals surface area (Å²) >= 11 is 0. The second-order valence-electron chi connectivity index (χ2n) is 7.79. The van der Waals surface area contributed by atoms with Gasteiger partial charge in [-0.15, -0.1) is 0 Å². The van der Waals surface area contributed by atoms with Crippen LogP contribution in [-0.2, 0) is 19.6 Å². The first-order chi connectivity index (χ1) is 16.4. The van der Waals surface area contributed by atoms with E-state index in [1.165, 1.54) is 18.2 Å². The van der Waals surface area contributed by atoms with Crippen molar-refractivity contribution < 1.29 is 22.7 Å². The summed E-state index contributed by atoms with van der Waals surface area (Å²) in [7, 11) is -3.75. The smallest absolute Gasteiger partial charge is 0.261 e. The minimum absolute atomic E-state index is 0.0760. The van der Waals surface area contributed by atoms with Gasteiger partial charge in [0.05, 0.1) is 28.8 Å². The summed E-state index contributed by atoms with van der Waals surface area (Å²) in [6.07, 6.45) is 0.0760. The molecule has 0 radical (unpaired) electrons. The van der Waals surface area contributed by atoms with Crippen LogP contribution in [0.2, 0.25) is 0 Å². The van der Waals surface area contributed by atoms with E-state index in [1.54, 1.807) is 53.4 Å². The number of ether oxygens (including phenoxy) is 1. The van der Waals surface area contributed by atoms with Gasteiger partial charge in [0.1, 0.15) is 5.75 Å². The third-order valence-corrected chi connectivity index (χ3v) is 6.78. The number of carbonyl (C=O) groups is 2. The lowest BCUT2D eigenvalue weighted by Gasteiger charge is -2.20. The molecule has 1 saturated heterocycles. The number of hydrogen-bond donors (Lipinski definition) is 2. The van der Waals surface area contributed by atoms with Gasteiger partial charge in [-0.25, -0.2) is 8.42 Å². The highest BCUT2D eigenvalue weighted by Gasteiger charge is 2.36. The Hall–Kier alpha value is -3.85. The van der Waals surface area contributed by atoms with Crippen LogP contribution in [0.4, 0.5) is 17.1 Å². The van der Waals surface area contributed by atoms with Gasteiger partial charge in [0.15, 0.2) is 0 Å². The molecule has 2 amide bonds. The molecule has 1 atom stereocenters. The number of sulfonamides is 1. The van der Waals surface area contributed by atoms with Crippen molar-refractivity contribution in [2.75, 3.05) is 28.1 Å². The topological polar surface area (TPSA) is 105 Å². The Kier molecular flexibility index (Phi) is 6.83. The number of nitrogens with one attached hydrogen (secondary N) is 2. The van der Waals surface area contributed by atoms with E-state index in [2.05, 4.69) is 10.0 Å². The molecule has 1 fully saturated rings. The van der Waals surface area contributed by atoms with Crippen LogP contribution >= 0.6 is 0 Å². The highest BCUT2D eigenvalue weighted by atomic mass is 32.2. The van der Waals surface area contributed by atoms with E-state index in [-0.39, 0.29) is 29.7 Å². The molecule has 2 N–H and O–H groups in total. The molecule has 1 unspecified atom stereocenters. The second-order valence-corrected chi connectivity index (χ2v) is 9.48. The highest BCUT2D eigenvalue weighted by Crippen LogP contribution is 2.33. The van der Waals surface area contributed by atoms with E-state index in [1.807, 2.05) is 19.1 Å². The van der Waals surface area contributed by atoms with Crippen molar-refractivity contribution in [3.63, 3.8) is 0 Å². The van der Waals surface area contributed by atoms with Crippen LogP contribution in [0.15, 0.2) is 83.8 Å². The van der Waals surface area contributed by atoms with Gasteiger partial charge in [0.25, 0.3) is 10.0 Å². The summed E-state index contributed by atoms with van der Waals surface area (Å²) < 4.78 is 33.3. The Bertz CT molecular complexity index is 1290. The summed E-state index contributed by atoms with van der Waals surface area (Å²) in [5.74, 6) is -0.422. The van der Waals surface area contributed by atoms with Crippen LogP contribution in [0.1, 0.15) is 13.3 Å². The maximum atomic E-state index is 12.9. The molecule has 9 heteroatoms. The fourth-order valence-corrected chi connectivity index (χ4v) is 4.86. The van der Waals surface area contributed by atoms with Gasteiger partial charge < -0.3 is 15.0 Å². The Morgan fingerprint density at radius 3 is 2.47 bits per heavy atom. The largest absolute Gasteiger partial charge is 0.492 e. The lowest BCUT2D eigenvalue weighted by Crippen LogP contribution is -2.28. The maximum Gasteiger partial charge on any atom is 0.261 e. The van der Waals surface area contributed by atoms with E-state index in [4.69, 9.17) is 4.74 Å². The molecular weight excluding hydrogens is 454 g/mol. The van der Waals surface area contributed by atoms with Crippen molar-refractivity contribution in [3.8, 4) is 5.75 Å². The first-order valence-electron chi connectivity index (χ1n) is 10.9. The summed E-state index contributed by atoms with van der Waals surface area (Å²) in [5, 5.41) is 2.80. The van der Waals surface area contributed by atoms with Crippen molar-refractivity contribution in [2.45, 2.75) is 18.2 Å². The number of para-hydroxylation sites is 2. The van der Waals surface area contributed by atoms with Crippen molar-refractivity contribution >= 4 is 38.9 Å². The van der Waals surface area contributed by atoms with E-state index in [0.717, 1.165) is 0 Å². The number of carbonyl (C=O) groups excluding carboxylic acids is 2. The number of anilines is 3. The average molecular weight is 480 g/mol. The monoisotopic (exact) mass is 479 g/mol. The molecule has 34 heavy (non-hydrogen) atoms. The molecule has 0 spiro atoms. The first-order valence-corrected chi connectivity index (χ1v) is 12.4. The molecule has 8 nitrogen and oxygen atoms in total. The Morgan fingerprint density at radius 1 is 1.00 bits per heavy atom. The predicted molar refractivity (Wildman–Crippen MR) is 130 cm³/mol. The minimum atomic E-state index is -3.75. The number of rotatable bonds is 8. The van der Waals surface area contributed by atoms with Crippen LogP contribution in [0.5, 0.6) is 5.75 Å². The standard InChI is InChI=1S/C25H25N3O5S/c1-2-33-23-14-7-6-13-22(23)28-17-18(15-24(28)29)25(30)26-19-9-8-10-20(16-19)27-34(31,32)21-11-4-3-5-12-21/h3-14,16,18,27H,2,15,17H2,1H3,(H,26,30). The van der Waals surface area contributed by atoms with Crippen LogP contribution in [0, 0.1) is 5.92 Å². The van der Waals surface area contributed by atoms with Crippen LogP contribution in [0.3, 0.4) is 0 Å². The van der Waals surface area contributed by atoms with Gasteiger partial charge in [-0.2, -0.15) is 0 Å². The van der Waals surface area contributed by atoms with Crippen LogP contribution in [-0.4, -0.2) is 33.4 Å². The van der Waals surface area contributed by atoms with Gasteiger partial charge in [0.2, 0.25) is 11.8 Å². The molecule has 1 aliphatic heterocycles. The molecule has 3 aromatic carbocycles. The molecule has 0 aromatic heterocycles. The summed E-state index contributed by atoms with van der Waals surface area (Å²) in [6.45, 7) is 2.56. The number of benzene rings is 3. The summed E-state index contributed by atoms with van der Waals surface area (Å²) in [5.41, 5.74) is 1.39. The Balaban J connectivity index is 1.44. The van der Waals surface area contributed by atoms with Crippen LogP contribution < -0.4 is 19.7 Å². The van der Waals surface area contributed by atoms with E-state index < -0.39 is 15.9 Å². The van der Waals surface area contributed by atoms with Crippen LogP contribution in [0.25, 0.3) is 0 Å². The van der Waals surface area contributed by atoms with E-state index in [0.29, 0.717) is 29.4 Å². The van der Waals surface area contributed by atoms with E-state index in [9.17, 15) is 18.0 Å². The maximum absolute atomic E-state index is 12.9. The summed E-state index contributed by atoms with van der Waals surface area (Å²) in [4.78, 5) is 27.3. The predicted octanol–water partition coefficient (Wildman–Crippen LogP) is 3.88. The molecule has 4 rings (SSSR count). The molecule has 0 bridgehead atoms. The molecule has 0 saturated carbocycles. The van der Waals surface area contributed by atoms with Crippen molar-refractivity contribution in [3.05, 3.63) is 78.9 Å². The third kappa shape index (κ3) is 5.20. The molecule has 0 aliphatic carbocycles. The van der Waals surface area contributed by atoms with Crippen molar-refractivity contribution in [1.29, 1.82) is 0 Å². The first kappa shape index (κ1) is 23.3. The fourth-order valence-electron chi connectivity index (χ4n) is 3.79. The van der Waals surface area contributed by atoms with Gasteiger partial charge in [0, 0.05) is 18.7 Å². The molecule has 176 valence electrons. The molecule has 1 aliphatic rings. The SMILES string of the molecule is CCOc1ccccc1N1CC(C(=O)Nc2cccc(NS(=O)(=O)c3ccccc3)c2)CC1=O. The fraction of sp³-hybridized carbons (Fsp3) is 0.200. The second kappa shape index (κ2) is 9.96. The van der Waals surface area contributed by atoms with Crippen molar-refractivity contribution in [2.24, 2.45) is 5.92 Å². The third-order valence-electron chi connectivity index (χ3n) is 5.39. The molecule has 3 aromatic rings. The zero-order valence-corrected chi connectivity index (χ0v) is 19.4. The molecular formula is C25H25N3O5S. The lowest BCUT2D eigenvalue weighted by molar-refractivity contribution is -0.122. The quantitative estimate of drug-likeness (QED) is 0.510. The average Bonchev–Trinajstić information content (AvgIpc) is 3.22. The molecule has 1 heterocycles. The number of nitrogens with zero attached hydrogens (tertiary/aromatic N) is 1. The number of hydrogen-bond acceptors (Lipinski definition) is 5. The lowest BCUT2D eigenvalue weighted by atomic mass is 10.1. The Morgan fingerprint density at radius 2 is 1.71 bits per heavy atom. The minimum Gasteiger partial charge on any atom is -0.492 e. The van der Waals surface area contributed by atoms with E-state index >= 15 is 0 Å². The van der Waals surface area contributed by atoms with Crippen molar-refractivity contribution in [1.82, 2.24) is 0 Å². The van der Waals surface area contributed by atoms with Gasteiger partial charge in [-0.3, -0.25) is 14.3 Å². The zero-order valence-electron chi connectivity index (χ0n) is 18.6. The zero-order chi connectivity index (χ0) is 24.1. The Labute approximate surface area is 198 Å². The normalized spacial score (nSPS) is 15.7. The summed E-state index contributed by atoms with van der Waals surface area (Å²) in [6, 6.07) is 21.7. The highest BCUT2D eigenvalue weighted by molar-refractivity contribution is 7.92. The van der Waals surface area contributed by atoms with Gasteiger partial charge in [-0.1, -0.05) is 36.4 Å². The number of amides is 2. The van der Waals surface area contributed by atoms with Gasteiger partial charge in [-0.05, 0) is 49.4 Å². The van der Waals surface area contributed by atoms with Gasteiger partial charge >= 0.3 is 0 Å².